The number of hydrogen-bond donors (Lipinski definition) is 2. The molecule has 0 amide bonds. The third kappa shape index (κ3) is 3.00. The van der Waals surface area contributed by atoms with Crippen molar-refractivity contribution in [3.63, 3.8) is 0 Å². The summed E-state index contributed by atoms with van der Waals surface area (Å²) in [5.41, 5.74) is 12.1. The van der Waals surface area contributed by atoms with Crippen LogP contribution < -0.4 is 15.4 Å². The van der Waals surface area contributed by atoms with Gasteiger partial charge < -0.3 is 20.4 Å². The number of ether oxygens (including phenoxy) is 1. The molecular weight excluding hydrogens is 352 g/mol. The van der Waals surface area contributed by atoms with E-state index in [2.05, 4.69) is 49.1 Å². The maximum atomic E-state index is 5.98. The monoisotopic (exact) mass is 372 g/mol. The standard InChI is InChI=1S/C21H20N6O/c1-13-8-20(26-21(22)25-13)27-6-7-28-19-5-3-14(9-16(19)11-27)15-2-4-17-18(10-15)24-12-23-17/h2-5,8-10,12H,6-7,11H2,1H3,(H,23,24)(H2,22,25,26). The number of benzene rings is 2. The van der Waals surface area contributed by atoms with E-state index in [9.17, 15) is 0 Å². The van der Waals surface area contributed by atoms with Gasteiger partial charge in [0.1, 0.15) is 18.2 Å². The maximum absolute atomic E-state index is 5.98. The number of nitrogens with one attached hydrogen (secondary N) is 1. The van der Waals surface area contributed by atoms with Crippen LogP contribution in [-0.4, -0.2) is 33.1 Å². The number of nitrogens with two attached hydrogens (primary N) is 1. The molecule has 0 radical (unpaired) electrons. The number of anilines is 2. The van der Waals surface area contributed by atoms with Gasteiger partial charge in [-0.3, -0.25) is 0 Å². The minimum Gasteiger partial charge on any atom is -0.491 e. The van der Waals surface area contributed by atoms with Gasteiger partial charge >= 0.3 is 0 Å². The van der Waals surface area contributed by atoms with Crippen LogP contribution in [0.1, 0.15) is 11.3 Å². The Kier molecular flexibility index (Phi) is 3.86. The van der Waals surface area contributed by atoms with E-state index < -0.39 is 0 Å². The first-order valence-corrected chi connectivity index (χ1v) is 9.21. The second-order valence-electron chi connectivity index (χ2n) is 6.95. The summed E-state index contributed by atoms with van der Waals surface area (Å²) in [4.78, 5) is 18.2. The highest BCUT2D eigenvalue weighted by Gasteiger charge is 2.18. The number of hydrogen-bond acceptors (Lipinski definition) is 6. The quantitative estimate of drug-likeness (QED) is 0.561. The Morgan fingerprint density at radius 3 is 2.82 bits per heavy atom. The first-order chi connectivity index (χ1) is 13.7. The van der Waals surface area contributed by atoms with Gasteiger partial charge in [-0.1, -0.05) is 12.1 Å². The van der Waals surface area contributed by atoms with Gasteiger partial charge in [-0.2, -0.15) is 4.98 Å². The average Bonchev–Trinajstić information content (AvgIpc) is 3.04. The van der Waals surface area contributed by atoms with Gasteiger partial charge in [0.15, 0.2) is 0 Å². The second kappa shape index (κ2) is 6.53. The Labute approximate surface area is 162 Å². The predicted molar refractivity (Wildman–Crippen MR) is 109 cm³/mol. The molecule has 0 atom stereocenters. The summed E-state index contributed by atoms with van der Waals surface area (Å²) in [7, 11) is 0. The smallest absolute Gasteiger partial charge is 0.222 e. The average molecular weight is 372 g/mol. The van der Waals surface area contributed by atoms with Gasteiger partial charge in [-0.25, -0.2) is 9.97 Å². The molecule has 2 aromatic heterocycles. The topological polar surface area (TPSA) is 93.0 Å². The molecule has 28 heavy (non-hydrogen) atoms. The van der Waals surface area contributed by atoms with Gasteiger partial charge in [0.25, 0.3) is 0 Å². The molecule has 0 aliphatic carbocycles. The Balaban J connectivity index is 1.51. The lowest BCUT2D eigenvalue weighted by molar-refractivity contribution is 0.331. The van der Waals surface area contributed by atoms with Crippen LogP contribution in [0.25, 0.3) is 22.2 Å². The largest absolute Gasteiger partial charge is 0.491 e. The highest BCUT2D eigenvalue weighted by atomic mass is 16.5. The van der Waals surface area contributed by atoms with Gasteiger partial charge in [0.2, 0.25) is 5.95 Å². The normalized spacial score (nSPS) is 13.8. The molecule has 140 valence electrons. The zero-order valence-corrected chi connectivity index (χ0v) is 15.5. The molecule has 0 saturated carbocycles. The molecule has 0 unspecified atom stereocenters. The fraction of sp³-hybridized carbons (Fsp3) is 0.190. The molecule has 3 N–H and O–H groups in total. The van der Waals surface area contributed by atoms with E-state index in [4.69, 9.17) is 10.5 Å². The molecule has 0 spiro atoms. The van der Waals surface area contributed by atoms with Gasteiger partial charge in [0.05, 0.1) is 23.9 Å². The predicted octanol–water partition coefficient (Wildman–Crippen LogP) is 3.31. The SMILES string of the molecule is Cc1cc(N2CCOc3ccc(-c4ccc5nc[nH]c5c4)cc3C2)nc(N)n1. The third-order valence-corrected chi connectivity index (χ3v) is 4.98. The molecular formula is C21H20N6O. The Hall–Kier alpha value is -3.61. The fourth-order valence-electron chi connectivity index (χ4n) is 3.62. The fourth-order valence-corrected chi connectivity index (χ4v) is 3.62. The van der Waals surface area contributed by atoms with E-state index in [-0.39, 0.29) is 0 Å². The molecule has 5 rings (SSSR count). The molecule has 1 aliphatic heterocycles. The number of imidazole rings is 1. The summed E-state index contributed by atoms with van der Waals surface area (Å²) >= 11 is 0. The van der Waals surface area contributed by atoms with Crippen molar-refractivity contribution < 1.29 is 4.74 Å². The van der Waals surface area contributed by atoms with Gasteiger partial charge in [0, 0.05) is 23.9 Å². The number of H-pyrrole nitrogens is 1. The van der Waals surface area contributed by atoms with E-state index in [0.29, 0.717) is 19.1 Å². The number of nitrogens with zero attached hydrogens (tertiary/aromatic N) is 4. The number of aromatic nitrogens is 4. The van der Waals surface area contributed by atoms with Crippen molar-refractivity contribution in [2.24, 2.45) is 0 Å². The molecule has 2 aromatic carbocycles. The molecule has 0 bridgehead atoms. The van der Waals surface area contributed by atoms with Crippen LogP contribution in [0.2, 0.25) is 0 Å². The van der Waals surface area contributed by atoms with Crippen LogP contribution in [-0.2, 0) is 6.54 Å². The molecule has 3 heterocycles. The van der Waals surface area contributed by atoms with E-state index >= 15 is 0 Å². The molecule has 0 fully saturated rings. The van der Waals surface area contributed by atoms with Crippen molar-refractivity contribution in [3.05, 3.63) is 60.0 Å². The number of aryl methyl sites for hydroxylation is 1. The van der Waals surface area contributed by atoms with Crippen molar-refractivity contribution in [1.82, 2.24) is 19.9 Å². The first-order valence-electron chi connectivity index (χ1n) is 9.21. The lowest BCUT2D eigenvalue weighted by Gasteiger charge is -2.21. The summed E-state index contributed by atoms with van der Waals surface area (Å²) < 4.78 is 5.98. The van der Waals surface area contributed by atoms with Crippen molar-refractivity contribution >= 4 is 22.8 Å². The highest BCUT2D eigenvalue weighted by Crippen LogP contribution is 2.31. The lowest BCUT2D eigenvalue weighted by Crippen LogP contribution is -2.26. The van der Waals surface area contributed by atoms with Crippen molar-refractivity contribution in [2.75, 3.05) is 23.8 Å². The summed E-state index contributed by atoms with van der Waals surface area (Å²) in [6.45, 7) is 3.95. The Morgan fingerprint density at radius 1 is 1.07 bits per heavy atom. The zero-order valence-electron chi connectivity index (χ0n) is 15.5. The van der Waals surface area contributed by atoms with Crippen molar-refractivity contribution in [3.8, 4) is 16.9 Å². The first kappa shape index (κ1) is 16.6. The van der Waals surface area contributed by atoms with Gasteiger partial charge in [-0.15, -0.1) is 0 Å². The molecule has 7 heteroatoms. The number of aromatic amines is 1. The molecule has 1 aliphatic rings. The van der Waals surface area contributed by atoms with Crippen LogP contribution >= 0.6 is 0 Å². The lowest BCUT2D eigenvalue weighted by atomic mass is 10.0. The summed E-state index contributed by atoms with van der Waals surface area (Å²) in [5.74, 6) is 2.03. The number of nitrogen functional groups attached to an aromatic ring is 1. The minimum atomic E-state index is 0.294. The molecule has 4 aromatic rings. The third-order valence-electron chi connectivity index (χ3n) is 4.98. The number of fused-ring (bicyclic) bond motifs is 2. The van der Waals surface area contributed by atoms with Gasteiger partial charge in [-0.05, 0) is 42.3 Å². The van der Waals surface area contributed by atoms with Crippen molar-refractivity contribution in [2.45, 2.75) is 13.5 Å². The zero-order chi connectivity index (χ0) is 19.1. The maximum Gasteiger partial charge on any atom is 0.222 e. The van der Waals surface area contributed by atoms with Crippen LogP contribution in [0, 0.1) is 6.92 Å². The summed E-state index contributed by atoms with van der Waals surface area (Å²) in [6.07, 6.45) is 1.71. The Morgan fingerprint density at radius 2 is 1.93 bits per heavy atom. The number of rotatable bonds is 2. The minimum absolute atomic E-state index is 0.294. The Bertz CT molecular complexity index is 1150. The summed E-state index contributed by atoms with van der Waals surface area (Å²) in [6, 6.07) is 14.5. The van der Waals surface area contributed by atoms with E-state index in [1.165, 1.54) is 0 Å². The second-order valence-corrected chi connectivity index (χ2v) is 6.95. The summed E-state index contributed by atoms with van der Waals surface area (Å²) in [5, 5.41) is 0. The van der Waals surface area contributed by atoms with E-state index in [1.54, 1.807) is 6.33 Å². The van der Waals surface area contributed by atoms with Crippen LogP contribution in [0.3, 0.4) is 0 Å². The van der Waals surface area contributed by atoms with E-state index in [0.717, 1.165) is 51.5 Å². The highest BCUT2D eigenvalue weighted by molar-refractivity contribution is 5.81. The molecule has 0 saturated heterocycles. The van der Waals surface area contributed by atoms with E-state index in [1.807, 2.05) is 25.1 Å². The van der Waals surface area contributed by atoms with Crippen LogP contribution in [0.15, 0.2) is 48.8 Å². The molecule has 7 nitrogen and oxygen atoms in total. The van der Waals surface area contributed by atoms with Crippen molar-refractivity contribution in [1.29, 1.82) is 0 Å². The van der Waals surface area contributed by atoms with Crippen LogP contribution in [0.5, 0.6) is 5.75 Å². The van der Waals surface area contributed by atoms with Crippen LogP contribution in [0.4, 0.5) is 11.8 Å².